The van der Waals surface area contributed by atoms with Crippen molar-refractivity contribution in [1.29, 1.82) is 0 Å². The highest BCUT2D eigenvalue weighted by molar-refractivity contribution is 7.99. The molecule has 4 nitrogen and oxygen atoms in total. The van der Waals surface area contributed by atoms with E-state index in [1.807, 2.05) is 28.7 Å². The lowest BCUT2D eigenvalue weighted by Crippen LogP contribution is -2.22. The van der Waals surface area contributed by atoms with Gasteiger partial charge < -0.3 is 5.32 Å². The summed E-state index contributed by atoms with van der Waals surface area (Å²) in [6.45, 7) is 2.81. The van der Waals surface area contributed by atoms with Crippen LogP contribution in [-0.4, -0.2) is 33.8 Å². The summed E-state index contributed by atoms with van der Waals surface area (Å²) < 4.78 is 1.83. The van der Waals surface area contributed by atoms with Crippen LogP contribution >= 0.6 is 11.8 Å². The largest absolute Gasteiger partial charge is 0.314 e. The molecule has 0 amide bonds. The molecule has 0 bridgehead atoms. The molecule has 17 heavy (non-hydrogen) atoms. The van der Waals surface area contributed by atoms with Gasteiger partial charge in [-0.05, 0) is 12.1 Å². The molecular formula is C12H16N4S. The summed E-state index contributed by atoms with van der Waals surface area (Å²) >= 11 is 1.87. The Bertz CT molecular complexity index is 402. The van der Waals surface area contributed by atoms with E-state index in [1.165, 1.54) is 4.90 Å². The first-order valence-electron chi connectivity index (χ1n) is 5.68. The van der Waals surface area contributed by atoms with E-state index in [2.05, 4.69) is 39.9 Å². The van der Waals surface area contributed by atoms with Crippen LogP contribution in [0.15, 0.2) is 47.6 Å². The summed E-state index contributed by atoms with van der Waals surface area (Å²) in [6.07, 6.45) is 3.58. The first-order chi connectivity index (χ1) is 8.45. The fourth-order valence-corrected chi connectivity index (χ4v) is 2.26. The Hall–Kier alpha value is -1.33. The van der Waals surface area contributed by atoms with Gasteiger partial charge in [0.15, 0.2) is 0 Å². The highest BCUT2D eigenvalue weighted by Gasteiger charge is 1.93. The van der Waals surface area contributed by atoms with E-state index in [4.69, 9.17) is 0 Å². The third kappa shape index (κ3) is 4.58. The molecule has 0 fully saturated rings. The number of hydrogen-bond donors (Lipinski definition) is 1. The monoisotopic (exact) mass is 248 g/mol. The van der Waals surface area contributed by atoms with Gasteiger partial charge >= 0.3 is 0 Å². The predicted octanol–water partition coefficient (Wildman–Crippen LogP) is 1.66. The van der Waals surface area contributed by atoms with E-state index < -0.39 is 0 Å². The average molecular weight is 248 g/mol. The first-order valence-corrected chi connectivity index (χ1v) is 6.66. The molecule has 0 spiro atoms. The van der Waals surface area contributed by atoms with Gasteiger partial charge in [0.25, 0.3) is 0 Å². The lowest BCUT2D eigenvalue weighted by atomic mass is 10.4. The predicted molar refractivity (Wildman–Crippen MR) is 70.1 cm³/mol. The van der Waals surface area contributed by atoms with Crippen LogP contribution < -0.4 is 5.32 Å². The van der Waals surface area contributed by atoms with Crippen LogP contribution in [0.5, 0.6) is 0 Å². The van der Waals surface area contributed by atoms with Crippen LogP contribution in [0.1, 0.15) is 0 Å². The lowest BCUT2D eigenvalue weighted by molar-refractivity contribution is 0.550. The van der Waals surface area contributed by atoms with E-state index in [-0.39, 0.29) is 0 Å². The van der Waals surface area contributed by atoms with Gasteiger partial charge in [0.1, 0.15) is 0 Å². The maximum atomic E-state index is 3.90. The molecule has 0 aliphatic rings. The average Bonchev–Trinajstić information content (AvgIpc) is 2.88. The molecule has 0 saturated heterocycles. The van der Waals surface area contributed by atoms with Gasteiger partial charge in [0.2, 0.25) is 0 Å². The van der Waals surface area contributed by atoms with E-state index in [9.17, 15) is 0 Å². The fraction of sp³-hybridized carbons (Fsp3) is 0.333. The van der Waals surface area contributed by atoms with Gasteiger partial charge in [-0.2, -0.15) is 0 Å². The Morgan fingerprint density at radius 3 is 2.82 bits per heavy atom. The Kier molecular flexibility index (Phi) is 5.06. The summed E-state index contributed by atoms with van der Waals surface area (Å²) in [5, 5.41) is 11.0. The van der Waals surface area contributed by atoms with Crippen molar-refractivity contribution in [2.24, 2.45) is 0 Å². The van der Waals surface area contributed by atoms with Crippen LogP contribution in [0.2, 0.25) is 0 Å². The second kappa shape index (κ2) is 7.09. The molecule has 2 aromatic rings. The van der Waals surface area contributed by atoms with E-state index >= 15 is 0 Å². The Morgan fingerprint density at radius 2 is 2.06 bits per heavy atom. The van der Waals surface area contributed by atoms with Crippen LogP contribution in [-0.2, 0) is 6.54 Å². The van der Waals surface area contributed by atoms with Gasteiger partial charge in [-0.25, -0.2) is 0 Å². The summed E-state index contributed by atoms with van der Waals surface area (Å²) in [7, 11) is 0. The quantitative estimate of drug-likeness (QED) is 0.598. The fourth-order valence-electron chi connectivity index (χ4n) is 1.43. The first kappa shape index (κ1) is 12.1. The molecular weight excluding hydrogens is 232 g/mol. The number of benzene rings is 1. The van der Waals surface area contributed by atoms with Crippen molar-refractivity contribution in [3.8, 4) is 0 Å². The number of hydrogen-bond acceptors (Lipinski definition) is 4. The second-order valence-electron chi connectivity index (χ2n) is 3.58. The lowest BCUT2D eigenvalue weighted by Gasteiger charge is -2.04. The number of aromatic nitrogens is 3. The molecule has 0 radical (unpaired) electrons. The summed E-state index contributed by atoms with van der Waals surface area (Å²) in [6, 6.07) is 10.5. The molecule has 0 saturated carbocycles. The van der Waals surface area contributed by atoms with Crippen molar-refractivity contribution >= 4 is 11.8 Å². The van der Waals surface area contributed by atoms with Crippen LogP contribution in [0.25, 0.3) is 0 Å². The molecule has 90 valence electrons. The smallest absolute Gasteiger partial charge is 0.0692 e. The van der Waals surface area contributed by atoms with Crippen molar-refractivity contribution in [2.75, 3.05) is 18.8 Å². The van der Waals surface area contributed by atoms with E-state index in [0.717, 1.165) is 25.4 Å². The minimum atomic E-state index is 0.871. The molecule has 0 unspecified atom stereocenters. The Morgan fingerprint density at radius 1 is 1.18 bits per heavy atom. The van der Waals surface area contributed by atoms with Crippen molar-refractivity contribution < 1.29 is 0 Å². The van der Waals surface area contributed by atoms with Crippen molar-refractivity contribution in [3.05, 3.63) is 42.7 Å². The maximum Gasteiger partial charge on any atom is 0.0692 e. The molecule has 1 aromatic carbocycles. The number of rotatable bonds is 7. The van der Waals surface area contributed by atoms with Crippen LogP contribution in [0, 0.1) is 0 Å². The molecule has 2 rings (SSSR count). The molecule has 0 aliphatic carbocycles. The standard InChI is InChI=1S/C12H16N4S/c1-2-4-12(5-3-1)17-11-8-13-6-9-16-10-7-14-15-16/h1-5,7,10,13H,6,8-9,11H2. The third-order valence-electron chi connectivity index (χ3n) is 2.28. The summed E-state index contributed by atoms with van der Waals surface area (Å²) in [5.41, 5.74) is 0. The van der Waals surface area contributed by atoms with Gasteiger partial charge in [0, 0.05) is 29.9 Å². The number of thioether (sulfide) groups is 1. The van der Waals surface area contributed by atoms with Gasteiger partial charge in [-0.15, -0.1) is 16.9 Å². The zero-order valence-electron chi connectivity index (χ0n) is 9.62. The summed E-state index contributed by atoms with van der Waals surface area (Å²) in [4.78, 5) is 1.32. The second-order valence-corrected chi connectivity index (χ2v) is 4.75. The Balaban J connectivity index is 1.52. The minimum Gasteiger partial charge on any atom is -0.314 e. The number of nitrogens with zero attached hydrogens (tertiary/aromatic N) is 3. The molecule has 0 atom stereocenters. The molecule has 1 N–H and O–H groups in total. The van der Waals surface area contributed by atoms with Crippen molar-refractivity contribution in [1.82, 2.24) is 20.3 Å². The molecule has 0 aliphatic heterocycles. The topological polar surface area (TPSA) is 42.7 Å². The molecule has 1 aromatic heterocycles. The maximum absolute atomic E-state index is 3.90. The van der Waals surface area contributed by atoms with E-state index in [1.54, 1.807) is 6.20 Å². The van der Waals surface area contributed by atoms with Crippen molar-refractivity contribution in [3.63, 3.8) is 0 Å². The number of nitrogens with one attached hydrogen (secondary N) is 1. The van der Waals surface area contributed by atoms with Gasteiger partial charge in [-0.3, -0.25) is 4.68 Å². The third-order valence-corrected chi connectivity index (χ3v) is 3.29. The van der Waals surface area contributed by atoms with Crippen LogP contribution in [0.3, 0.4) is 0 Å². The van der Waals surface area contributed by atoms with Crippen LogP contribution in [0.4, 0.5) is 0 Å². The molecule has 1 heterocycles. The Labute approximate surface area is 105 Å². The minimum absolute atomic E-state index is 0.871. The summed E-state index contributed by atoms with van der Waals surface area (Å²) in [5.74, 6) is 1.08. The normalized spacial score (nSPS) is 10.6. The molecule has 5 heteroatoms. The zero-order chi connectivity index (χ0) is 11.8. The van der Waals surface area contributed by atoms with Crippen molar-refractivity contribution in [2.45, 2.75) is 11.4 Å². The highest BCUT2D eigenvalue weighted by Crippen LogP contribution is 2.15. The zero-order valence-corrected chi connectivity index (χ0v) is 10.4. The van der Waals surface area contributed by atoms with Gasteiger partial charge in [0.05, 0.1) is 12.7 Å². The van der Waals surface area contributed by atoms with E-state index in [0.29, 0.717) is 0 Å². The SMILES string of the molecule is c1ccc(SCCNCCn2ccnn2)cc1. The highest BCUT2D eigenvalue weighted by atomic mass is 32.2. The van der Waals surface area contributed by atoms with Gasteiger partial charge in [-0.1, -0.05) is 23.4 Å².